The molecule has 1 saturated heterocycles. The first-order chi connectivity index (χ1) is 17.5. The number of carbonyl (C=O) groups is 2. The standard InChI is InChI=1S/C28H35N5O3/c1-4-32-13-15-33(16-14-32)26-17-20(2)23-18-22(9-10-24(23)31-26)30-28(35)12-11-27(34)29-19-21-7-5-6-8-25(21)36-3/h5-10,17-18H,4,11-16,19H2,1-3H3,(H,29,34)(H,30,35). The second kappa shape index (κ2) is 11.9. The molecule has 8 heteroatoms. The van der Waals surface area contributed by atoms with Crippen LogP contribution in [-0.2, 0) is 16.1 Å². The number of methoxy groups -OCH3 is 1. The number of pyridine rings is 1. The number of aromatic nitrogens is 1. The van der Waals surface area contributed by atoms with E-state index in [4.69, 9.17) is 9.72 Å². The van der Waals surface area contributed by atoms with Crippen molar-refractivity contribution in [3.8, 4) is 5.75 Å². The Hall–Kier alpha value is -3.65. The first kappa shape index (κ1) is 25.4. The van der Waals surface area contributed by atoms with Gasteiger partial charge in [0.2, 0.25) is 11.8 Å². The Morgan fingerprint density at radius 2 is 1.75 bits per heavy atom. The molecule has 4 rings (SSSR count). The molecule has 8 nitrogen and oxygen atoms in total. The van der Waals surface area contributed by atoms with E-state index in [2.05, 4.69) is 40.3 Å². The van der Waals surface area contributed by atoms with Crippen molar-refractivity contribution in [2.75, 3.05) is 50.1 Å². The van der Waals surface area contributed by atoms with Gasteiger partial charge in [0.15, 0.2) is 0 Å². The van der Waals surface area contributed by atoms with E-state index >= 15 is 0 Å². The van der Waals surface area contributed by atoms with E-state index in [9.17, 15) is 9.59 Å². The Balaban J connectivity index is 1.31. The van der Waals surface area contributed by atoms with Crippen LogP contribution in [0.4, 0.5) is 11.5 Å². The van der Waals surface area contributed by atoms with Gasteiger partial charge in [-0.2, -0.15) is 0 Å². The first-order valence-electron chi connectivity index (χ1n) is 12.5. The fourth-order valence-electron chi connectivity index (χ4n) is 4.49. The third kappa shape index (κ3) is 6.31. The zero-order valence-electron chi connectivity index (χ0n) is 21.3. The maximum absolute atomic E-state index is 12.5. The number of amides is 2. The van der Waals surface area contributed by atoms with Crippen molar-refractivity contribution in [3.05, 3.63) is 59.7 Å². The fraction of sp³-hybridized carbons (Fsp3) is 0.393. The van der Waals surface area contributed by atoms with Gasteiger partial charge in [0.25, 0.3) is 0 Å². The van der Waals surface area contributed by atoms with E-state index in [1.165, 1.54) is 0 Å². The Bertz CT molecular complexity index is 1220. The number of aryl methyl sites for hydroxylation is 1. The smallest absolute Gasteiger partial charge is 0.224 e. The van der Waals surface area contributed by atoms with Gasteiger partial charge >= 0.3 is 0 Å². The molecule has 2 aromatic carbocycles. The van der Waals surface area contributed by atoms with E-state index in [1.807, 2.05) is 42.5 Å². The van der Waals surface area contributed by atoms with Gasteiger partial charge < -0.3 is 25.2 Å². The van der Waals surface area contributed by atoms with Crippen LogP contribution in [-0.4, -0.2) is 61.5 Å². The number of hydrogen-bond acceptors (Lipinski definition) is 6. The Morgan fingerprint density at radius 3 is 2.50 bits per heavy atom. The van der Waals surface area contributed by atoms with Crippen LogP contribution < -0.4 is 20.3 Å². The molecule has 0 unspecified atom stereocenters. The van der Waals surface area contributed by atoms with Crippen molar-refractivity contribution in [1.82, 2.24) is 15.2 Å². The Kier molecular flexibility index (Phi) is 8.38. The second-order valence-electron chi connectivity index (χ2n) is 9.09. The summed E-state index contributed by atoms with van der Waals surface area (Å²) < 4.78 is 5.30. The summed E-state index contributed by atoms with van der Waals surface area (Å²) in [6, 6.07) is 15.4. The molecule has 1 fully saturated rings. The lowest BCUT2D eigenvalue weighted by atomic mass is 10.1. The van der Waals surface area contributed by atoms with Crippen molar-refractivity contribution in [1.29, 1.82) is 0 Å². The normalized spacial score (nSPS) is 14.0. The lowest BCUT2D eigenvalue weighted by Crippen LogP contribution is -2.46. The summed E-state index contributed by atoms with van der Waals surface area (Å²) in [5, 5.41) is 6.78. The van der Waals surface area contributed by atoms with E-state index in [-0.39, 0.29) is 24.7 Å². The number of hydrogen-bond donors (Lipinski definition) is 2. The zero-order valence-corrected chi connectivity index (χ0v) is 21.3. The summed E-state index contributed by atoms with van der Waals surface area (Å²) in [4.78, 5) is 34.4. The van der Waals surface area contributed by atoms with E-state index in [1.54, 1.807) is 7.11 Å². The highest BCUT2D eigenvalue weighted by atomic mass is 16.5. The minimum Gasteiger partial charge on any atom is -0.496 e. The summed E-state index contributed by atoms with van der Waals surface area (Å²) in [7, 11) is 1.60. The number of anilines is 2. The first-order valence-corrected chi connectivity index (χ1v) is 12.5. The molecule has 2 N–H and O–H groups in total. The number of nitrogens with one attached hydrogen (secondary N) is 2. The molecule has 0 atom stereocenters. The van der Waals surface area contributed by atoms with Gasteiger partial charge in [0, 0.05) is 62.2 Å². The van der Waals surface area contributed by atoms with Crippen LogP contribution in [0.15, 0.2) is 48.5 Å². The number of carbonyl (C=O) groups excluding carboxylic acids is 2. The molecular formula is C28H35N5O3. The molecule has 36 heavy (non-hydrogen) atoms. The Morgan fingerprint density at radius 1 is 1.00 bits per heavy atom. The predicted molar refractivity (Wildman–Crippen MR) is 144 cm³/mol. The number of para-hydroxylation sites is 1. The summed E-state index contributed by atoms with van der Waals surface area (Å²) >= 11 is 0. The zero-order chi connectivity index (χ0) is 25.5. The number of rotatable bonds is 9. The fourth-order valence-corrected chi connectivity index (χ4v) is 4.49. The molecule has 1 aliphatic heterocycles. The monoisotopic (exact) mass is 489 g/mol. The quantitative estimate of drug-likeness (QED) is 0.476. The molecule has 1 aromatic heterocycles. The molecule has 0 bridgehead atoms. The molecule has 0 radical (unpaired) electrons. The van der Waals surface area contributed by atoms with Gasteiger partial charge in [-0.1, -0.05) is 25.1 Å². The lowest BCUT2D eigenvalue weighted by molar-refractivity contribution is -0.124. The highest BCUT2D eigenvalue weighted by molar-refractivity contribution is 5.96. The SMILES string of the molecule is CCN1CCN(c2cc(C)c3cc(NC(=O)CCC(=O)NCc4ccccc4OC)ccc3n2)CC1. The van der Waals surface area contributed by atoms with Gasteiger partial charge in [0.1, 0.15) is 11.6 Å². The molecule has 1 aliphatic rings. The topological polar surface area (TPSA) is 86.8 Å². The van der Waals surface area contributed by atoms with Crippen molar-refractivity contribution >= 4 is 34.2 Å². The summed E-state index contributed by atoms with van der Waals surface area (Å²) in [5.74, 6) is 1.36. The number of benzene rings is 2. The van der Waals surface area contributed by atoms with Crippen LogP contribution in [0.5, 0.6) is 5.75 Å². The molecule has 0 spiro atoms. The van der Waals surface area contributed by atoms with Gasteiger partial charge in [-0.3, -0.25) is 9.59 Å². The molecule has 0 saturated carbocycles. The van der Waals surface area contributed by atoms with Crippen LogP contribution in [0.3, 0.4) is 0 Å². The minimum atomic E-state index is -0.196. The third-order valence-electron chi connectivity index (χ3n) is 6.68. The lowest BCUT2D eigenvalue weighted by Gasteiger charge is -2.35. The maximum atomic E-state index is 12.5. The predicted octanol–water partition coefficient (Wildman–Crippen LogP) is 3.73. The largest absolute Gasteiger partial charge is 0.496 e. The van der Waals surface area contributed by atoms with E-state index < -0.39 is 0 Å². The average molecular weight is 490 g/mol. The molecule has 2 amide bonds. The van der Waals surface area contributed by atoms with Crippen LogP contribution in [0.1, 0.15) is 30.9 Å². The highest BCUT2D eigenvalue weighted by Crippen LogP contribution is 2.26. The van der Waals surface area contributed by atoms with Crippen LogP contribution in [0.25, 0.3) is 10.9 Å². The van der Waals surface area contributed by atoms with Crippen molar-refractivity contribution in [2.24, 2.45) is 0 Å². The summed E-state index contributed by atoms with van der Waals surface area (Å²) in [6.07, 6.45) is 0.222. The number of ether oxygens (including phenoxy) is 1. The molecule has 190 valence electrons. The molecular weight excluding hydrogens is 454 g/mol. The second-order valence-corrected chi connectivity index (χ2v) is 9.09. The third-order valence-corrected chi connectivity index (χ3v) is 6.68. The molecule has 0 aliphatic carbocycles. The van der Waals surface area contributed by atoms with E-state index in [0.29, 0.717) is 12.2 Å². The summed E-state index contributed by atoms with van der Waals surface area (Å²) in [6.45, 7) is 9.78. The number of piperazine rings is 1. The van der Waals surface area contributed by atoms with Crippen LogP contribution >= 0.6 is 0 Å². The van der Waals surface area contributed by atoms with Crippen molar-refractivity contribution in [2.45, 2.75) is 33.2 Å². The van der Waals surface area contributed by atoms with Crippen molar-refractivity contribution < 1.29 is 14.3 Å². The van der Waals surface area contributed by atoms with Crippen LogP contribution in [0.2, 0.25) is 0 Å². The van der Waals surface area contributed by atoms with E-state index in [0.717, 1.165) is 66.3 Å². The van der Waals surface area contributed by atoms with Gasteiger partial charge in [0.05, 0.1) is 12.6 Å². The van der Waals surface area contributed by atoms with Crippen molar-refractivity contribution in [3.63, 3.8) is 0 Å². The number of likely N-dealkylation sites (N-methyl/N-ethyl adjacent to an activating group) is 1. The number of fused-ring (bicyclic) bond motifs is 1. The van der Waals surface area contributed by atoms with Gasteiger partial charge in [-0.15, -0.1) is 0 Å². The number of nitrogens with zero attached hydrogens (tertiary/aromatic N) is 3. The molecule has 2 heterocycles. The van der Waals surface area contributed by atoms with Crippen LogP contribution in [0, 0.1) is 6.92 Å². The molecule has 3 aromatic rings. The minimum absolute atomic E-state index is 0.107. The maximum Gasteiger partial charge on any atom is 0.224 e. The average Bonchev–Trinajstić information content (AvgIpc) is 2.91. The Labute approximate surface area is 212 Å². The van der Waals surface area contributed by atoms with Gasteiger partial charge in [-0.05, 0) is 49.4 Å². The highest BCUT2D eigenvalue weighted by Gasteiger charge is 2.18. The summed E-state index contributed by atoms with van der Waals surface area (Å²) in [5.41, 5.74) is 3.64. The van der Waals surface area contributed by atoms with Gasteiger partial charge in [-0.25, -0.2) is 4.98 Å².